The van der Waals surface area contributed by atoms with Gasteiger partial charge in [0.1, 0.15) is 18.1 Å². The van der Waals surface area contributed by atoms with Crippen LogP contribution in [0.15, 0.2) is 36.8 Å². The molecule has 0 radical (unpaired) electrons. The van der Waals surface area contributed by atoms with E-state index in [2.05, 4.69) is 25.0 Å². The largest absolute Gasteiger partial charge is 0.505 e. The van der Waals surface area contributed by atoms with Crippen molar-refractivity contribution >= 4 is 11.6 Å². The SMILES string of the molecule is Oc1cnc(OCc2cn(-c3ccc(Cl)c(OC(F)F)c3)nn2)nc1. The molecule has 0 saturated carbocycles. The first-order chi connectivity index (χ1) is 12.0. The molecule has 2 aromatic heterocycles. The summed E-state index contributed by atoms with van der Waals surface area (Å²) in [6, 6.07) is 4.36. The van der Waals surface area contributed by atoms with Crippen LogP contribution in [0.1, 0.15) is 5.69 Å². The zero-order chi connectivity index (χ0) is 17.8. The summed E-state index contributed by atoms with van der Waals surface area (Å²) in [5.41, 5.74) is 0.877. The van der Waals surface area contributed by atoms with Gasteiger partial charge in [-0.05, 0) is 12.1 Å². The summed E-state index contributed by atoms with van der Waals surface area (Å²) >= 11 is 5.81. The van der Waals surface area contributed by atoms with Crippen molar-refractivity contribution in [2.45, 2.75) is 13.2 Å². The van der Waals surface area contributed by atoms with Crippen LogP contribution in [-0.4, -0.2) is 36.7 Å². The smallest absolute Gasteiger partial charge is 0.387 e. The number of benzene rings is 1. The van der Waals surface area contributed by atoms with Crippen molar-refractivity contribution in [1.82, 2.24) is 25.0 Å². The van der Waals surface area contributed by atoms with E-state index in [0.717, 1.165) is 0 Å². The summed E-state index contributed by atoms with van der Waals surface area (Å²) in [5, 5.41) is 16.9. The molecule has 0 fully saturated rings. The first kappa shape index (κ1) is 16.8. The molecule has 0 unspecified atom stereocenters. The van der Waals surface area contributed by atoms with Crippen molar-refractivity contribution in [2.75, 3.05) is 0 Å². The van der Waals surface area contributed by atoms with E-state index in [9.17, 15) is 8.78 Å². The van der Waals surface area contributed by atoms with E-state index in [4.69, 9.17) is 21.4 Å². The highest BCUT2D eigenvalue weighted by Crippen LogP contribution is 2.28. The average molecular weight is 370 g/mol. The summed E-state index contributed by atoms with van der Waals surface area (Å²) in [5.74, 6) is -0.247. The second-order valence-electron chi connectivity index (χ2n) is 4.66. The van der Waals surface area contributed by atoms with Crippen LogP contribution in [0.4, 0.5) is 8.78 Å². The Morgan fingerprint density at radius 2 is 2.00 bits per heavy atom. The molecule has 0 aliphatic heterocycles. The highest BCUT2D eigenvalue weighted by atomic mass is 35.5. The third-order valence-electron chi connectivity index (χ3n) is 2.90. The summed E-state index contributed by atoms with van der Waals surface area (Å²) in [6.45, 7) is -2.96. The Balaban J connectivity index is 1.71. The van der Waals surface area contributed by atoms with Crippen molar-refractivity contribution in [3.63, 3.8) is 0 Å². The number of nitrogens with zero attached hydrogens (tertiary/aromatic N) is 5. The Bertz CT molecular complexity index is 860. The number of aromatic nitrogens is 5. The summed E-state index contributed by atoms with van der Waals surface area (Å²) < 4.78 is 35.7. The molecule has 1 N–H and O–H groups in total. The fourth-order valence-electron chi connectivity index (χ4n) is 1.83. The monoisotopic (exact) mass is 369 g/mol. The van der Waals surface area contributed by atoms with Crippen LogP contribution in [0.25, 0.3) is 5.69 Å². The molecule has 0 atom stereocenters. The fourth-order valence-corrected chi connectivity index (χ4v) is 2.00. The molecule has 0 aliphatic rings. The molecule has 11 heteroatoms. The molecule has 3 rings (SSSR count). The summed E-state index contributed by atoms with van der Waals surface area (Å²) in [7, 11) is 0. The number of alkyl halides is 2. The van der Waals surface area contributed by atoms with E-state index < -0.39 is 6.61 Å². The average Bonchev–Trinajstić information content (AvgIpc) is 3.05. The lowest BCUT2D eigenvalue weighted by Crippen LogP contribution is -2.03. The lowest BCUT2D eigenvalue weighted by molar-refractivity contribution is -0.0497. The number of hydrogen-bond acceptors (Lipinski definition) is 7. The zero-order valence-electron chi connectivity index (χ0n) is 12.4. The molecule has 0 spiro atoms. The van der Waals surface area contributed by atoms with Crippen LogP contribution >= 0.6 is 11.6 Å². The molecular weight excluding hydrogens is 360 g/mol. The second kappa shape index (κ2) is 7.26. The van der Waals surface area contributed by atoms with Gasteiger partial charge in [-0.25, -0.2) is 4.68 Å². The number of rotatable bonds is 6. The van der Waals surface area contributed by atoms with Crippen LogP contribution < -0.4 is 9.47 Å². The van der Waals surface area contributed by atoms with Crippen LogP contribution in [-0.2, 0) is 6.61 Å². The Morgan fingerprint density at radius 1 is 1.24 bits per heavy atom. The van der Waals surface area contributed by atoms with Gasteiger partial charge in [0.2, 0.25) is 0 Å². The minimum atomic E-state index is -2.99. The van der Waals surface area contributed by atoms with Gasteiger partial charge in [-0.3, -0.25) is 0 Å². The maximum Gasteiger partial charge on any atom is 0.387 e. The molecule has 130 valence electrons. The summed E-state index contributed by atoms with van der Waals surface area (Å²) in [6.07, 6.45) is 3.92. The van der Waals surface area contributed by atoms with E-state index in [-0.39, 0.29) is 29.1 Å². The Kier molecular flexibility index (Phi) is 4.89. The molecule has 0 saturated heterocycles. The molecule has 3 aromatic rings. The molecule has 0 bridgehead atoms. The van der Waals surface area contributed by atoms with Crippen LogP contribution in [0, 0.1) is 0 Å². The van der Waals surface area contributed by atoms with E-state index in [1.807, 2.05) is 0 Å². The van der Waals surface area contributed by atoms with Crippen molar-refractivity contribution < 1.29 is 23.4 Å². The standard InChI is InChI=1S/C14H10ClF2N5O3/c15-11-2-1-9(3-12(11)25-13(16)17)22-6-8(20-21-22)7-24-14-18-4-10(23)5-19-14/h1-6,13,23H,7H2. The van der Waals surface area contributed by atoms with Gasteiger partial charge >= 0.3 is 12.6 Å². The predicted molar refractivity (Wildman–Crippen MR) is 81.0 cm³/mol. The van der Waals surface area contributed by atoms with Crippen molar-refractivity contribution in [2.24, 2.45) is 0 Å². The van der Waals surface area contributed by atoms with Gasteiger partial charge in [0.05, 0.1) is 29.3 Å². The molecule has 1 aromatic carbocycles. The second-order valence-corrected chi connectivity index (χ2v) is 5.07. The van der Waals surface area contributed by atoms with Crippen LogP contribution in [0.3, 0.4) is 0 Å². The van der Waals surface area contributed by atoms with Gasteiger partial charge in [-0.1, -0.05) is 16.8 Å². The van der Waals surface area contributed by atoms with Gasteiger partial charge in [0, 0.05) is 6.07 Å². The minimum Gasteiger partial charge on any atom is -0.505 e. The van der Waals surface area contributed by atoms with E-state index in [0.29, 0.717) is 11.4 Å². The molecule has 0 aliphatic carbocycles. The normalized spacial score (nSPS) is 10.9. The number of halogens is 3. The summed E-state index contributed by atoms with van der Waals surface area (Å²) in [4.78, 5) is 7.53. The highest BCUT2D eigenvalue weighted by molar-refractivity contribution is 6.32. The zero-order valence-corrected chi connectivity index (χ0v) is 13.1. The Labute approximate surface area is 144 Å². The molecule has 0 amide bonds. The fraction of sp³-hybridized carbons (Fsp3) is 0.143. The molecular formula is C14H10ClF2N5O3. The first-order valence-corrected chi connectivity index (χ1v) is 7.19. The third kappa shape index (κ3) is 4.29. The van der Waals surface area contributed by atoms with Gasteiger partial charge < -0.3 is 14.6 Å². The highest BCUT2D eigenvalue weighted by Gasteiger charge is 2.11. The van der Waals surface area contributed by atoms with Crippen molar-refractivity contribution in [3.05, 3.63) is 47.5 Å². The van der Waals surface area contributed by atoms with Crippen molar-refractivity contribution in [3.8, 4) is 23.2 Å². The van der Waals surface area contributed by atoms with Gasteiger partial charge in [0.15, 0.2) is 5.75 Å². The van der Waals surface area contributed by atoms with E-state index in [1.54, 1.807) is 6.07 Å². The van der Waals surface area contributed by atoms with Crippen molar-refractivity contribution in [1.29, 1.82) is 0 Å². The minimum absolute atomic E-state index is 0.0265. The topological polar surface area (TPSA) is 95.2 Å². The van der Waals surface area contributed by atoms with Gasteiger partial charge in [-0.15, -0.1) is 5.10 Å². The maximum absolute atomic E-state index is 12.4. The van der Waals surface area contributed by atoms with Crippen LogP contribution in [0.2, 0.25) is 5.02 Å². The first-order valence-electron chi connectivity index (χ1n) is 6.81. The lowest BCUT2D eigenvalue weighted by atomic mass is 10.3. The Hall–Kier alpha value is -3.01. The molecule has 8 nitrogen and oxygen atoms in total. The third-order valence-corrected chi connectivity index (χ3v) is 3.21. The quantitative estimate of drug-likeness (QED) is 0.713. The Morgan fingerprint density at radius 3 is 2.72 bits per heavy atom. The number of ether oxygens (including phenoxy) is 2. The molecule has 25 heavy (non-hydrogen) atoms. The van der Waals surface area contributed by atoms with Crippen LogP contribution in [0.5, 0.6) is 17.5 Å². The molecule has 2 heterocycles. The van der Waals surface area contributed by atoms with Gasteiger partial charge in [0.25, 0.3) is 0 Å². The number of aromatic hydroxyl groups is 1. The van der Waals surface area contributed by atoms with E-state index in [1.165, 1.54) is 35.4 Å². The van der Waals surface area contributed by atoms with E-state index >= 15 is 0 Å². The maximum atomic E-state index is 12.4. The predicted octanol–water partition coefficient (Wildman–Crippen LogP) is 2.60. The van der Waals surface area contributed by atoms with Gasteiger partial charge in [-0.2, -0.15) is 18.7 Å². The lowest BCUT2D eigenvalue weighted by Gasteiger charge is -2.08. The number of hydrogen-bond donors (Lipinski definition) is 1.